The SMILES string of the molecule is O=C1O[C@@H](CNS(=O)(=O)c2cccs2)CN1c1ccccc1. The van der Waals surface area contributed by atoms with Gasteiger partial charge in [0.25, 0.3) is 0 Å². The lowest BCUT2D eigenvalue weighted by Crippen LogP contribution is -2.34. The minimum Gasteiger partial charge on any atom is -0.443 e. The van der Waals surface area contributed by atoms with Gasteiger partial charge in [-0.25, -0.2) is 17.9 Å². The van der Waals surface area contributed by atoms with E-state index in [1.807, 2.05) is 18.2 Å². The Bertz CT molecular complexity index is 744. The van der Waals surface area contributed by atoms with Crippen LogP contribution in [0, 0.1) is 0 Å². The van der Waals surface area contributed by atoms with Gasteiger partial charge in [0.2, 0.25) is 10.0 Å². The minimum absolute atomic E-state index is 0.0509. The third-order valence-electron chi connectivity index (χ3n) is 3.20. The molecule has 8 heteroatoms. The maximum absolute atomic E-state index is 12.0. The zero-order valence-corrected chi connectivity index (χ0v) is 13.1. The summed E-state index contributed by atoms with van der Waals surface area (Å²) in [5.74, 6) is 0. The second-order valence-electron chi connectivity index (χ2n) is 4.74. The Hall–Kier alpha value is -1.90. The number of nitrogens with one attached hydrogen (secondary N) is 1. The van der Waals surface area contributed by atoms with E-state index in [9.17, 15) is 13.2 Å². The van der Waals surface area contributed by atoms with E-state index >= 15 is 0 Å². The first-order valence-electron chi connectivity index (χ1n) is 6.62. The molecule has 2 heterocycles. The van der Waals surface area contributed by atoms with Gasteiger partial charge in [-0.15, -0.1) is 11.3 Å². The monoisotopic (exact) mass is 338 g/mol. The normalized spacial score (nSPS) is 18.5. The molecular weight excluding hydrogens is 324 g/mol. The van der Waals surface area contributed by atoms with Crippen molar-refractivity contribution < 1.29 is 17.9 Å². The number of ether oxygens (including phenoxy) is 1. The molecule has 0 saturated carbocycles. The zero-order valence-electron chi connectivity index (χ0n) is 11.5. The quantitative estimate of drug-likeness (QED) is 0.905. The van der Waals surface area contributed by atoms with Crippen molar-refractivity contribution in [2.75, 3.05) is 18.0 Å². The van der Waals surface area contributed by atoms with Crippen molar-refractivity contribution >= 4 is 33.1 Å². The van der Waals surface area contributed by atoms with Gasteiger partial charge in [0.1, 0.15) is 10.3 Å². The van der Waals surface area contributed by atoms with Crippen LogP contribution in [0.1, 0.15) is 0 Å². The van der Waals surface area contributed by atoms with Gasteiger partial charge in [-0.1, -0.05) is 24.3 Å². The number of rotatable bonds is 5. The van der Waals surface area contributed by atoms with Crippen LogP contribution in [0.15, 0.2) is 52.1 Å². The molecule has 0 unspecified atom stereocenters. The Morgan fingerprint density at radius 1 is 1.23 bits per heavy atom. The number of hydrogen-bond acceptors (Lipinski definition) is 5. The second kappa shape index (κ2) is 6.07. The molecule has 1 atom stereocenters. The second-order valence-corrected chi connectivity index (χ2v) is 7.68. The van der Waals surface area contributed by atoms with Crippen molar-refractivity contribution in [1.82, 2.24) is 4.72 Å². The molecule has 1 aliphatic heterocycles. The van der Waals surface area contributed by atoms with Gasteiger partial charge in [-0.05, 0) is 23.6 Å². The van der Waals surface area contributed by atoms with Crippen LogP contribution in [-0.2, 0) is 14.8 Å². The van der Waals surface area contributed by atoms with Crippen LogP contribution >= 0.6 is 11.3 Å². The molecule has 1 saturated heterocycles. The number of carbonyl (C=O) groups is 1. The van der Waals surface area contributed by atoms with E-state index in [2.05, 4.69) is 4.72 Å². The smallest absolute Gasteiger partial charge is 0.414 e. The van der Waals surface area contributed by atoms with Gasteiger partial charge in [-0.2, -0.15) is 0 Å². The summed E-state index contributed by atoms with van der Waals surface area (Å²) < 4.78 is 32.0. The molecule has 1 N–H and O–H groups in total. The average Bonchev–Trinajstić information content (AvgIpc) is 3.16. The summed E-state index contributed by atoms with van der Waals surface area (Å²) in [6, 6.07) is 12.3. The molecule has 0 spiro atoms. The van der Waals surface area contributed by atoms with Crippen LogP contribution in [0.4, 0.5) is 10.5 Å². The fourth-order valence-corrected chi connectivity index (χ4v) is 4.24. The summed E-state index contributed by atoms with van der Waals surface area (Å²) in [5, 5.41) is 1.70. The summed E-state index contributed by atoms with van der Waals surface area (Å²) in [6.45, 7) is 0.366. The van der Waals surface area contributed by atoms with E-state index in [4.69, 9.17) is 4.74 Å². The highest BCUT2D eigenvalue weighted by Crippen LogP contribution is 2.21. The molecule has 1 aliphatic rings. The zero-order chi connectivity index (χ0) is 15.6. The fourth-order valence-electron chi connectivity index (χ4n) is 2.14. The molecule has 1 fully saturated rings. The van der Waals surface area contributed by atoms with Gasteiger partial charge in [0.15, 0.2) is 0 Å². The summed E-state index contributed by atoms with van der Waals surface area (Å²) >= 11 is 1.14. The third-order valence-corrected chi connectivity index (χ3v) is 6.02. The first-order valence-corrected chi connectivity index (χ1v) is 8.99. The Labute approximate surface area is 132 Å². The van der Waals surface area contributed by atoms with E-state index in [0.717, 1.165) is 17.0 Å². The summed E-state index contributed by atoms with van der Waals surface area (Å²) in [7, 11) is -3.55. The Morgan fingerprint density at radius 3 is 2.68 bits per heavy atom. The highest BCUT2D eigenvalue weighted by Gasteiger charge is 2.33. The van der Waals surface area contributed by atoms with Crippen LogP contribution in [0.5, 0.6) is 0 Å². The number of cyclic esters (lactones) is 1. The van der Waals surface area contributed by atoms with Crippen LogP contribution < -0.4 is 9.62 Å². The number of thiophene rings is 1. The van der Waals surface area contributed by atoms with E-state index in [1.165, 1.54) is 11.0 Å². The molecule has 0 aliphatic carbocycles. The molecule has 0 radical (unpaired) electrons. The first-order chi connectivity index (χ1) is 10.6. The van der Waals surface area contributed by atoms with Crippen LogP contribution in [0.25, 0.3) is 0 Å². The average molecular weight is 338 g/mol. The Kier molecular flexibility index (Phi) is 4.14. The highest BCUT2D eigenvalue weighted by atomic mass is 32.2. The number of nitrogens with zero attached hydrogens (tertiary/aromatic N) is 1. The van der Waals surface area contributed by atoms with Gasteiger partial charge in [0.05, 0.1) is 6.54 Å². The van der Waals surface area contributed by atoms with Crippen molar-refractivity contribution in [2.24, 2.45) is 0 Å². The Balaban J connectivity index is 1.63. The Morgan fingerprint density at radius 2 is 2.00 bits per heavy atom. The highest BCUT2D eigenvalue weighted by molar-refractivity contribution is 7.91. The molecule has 2 aromatic rings. The van der Waals surface area contributed by atoms with Crippen molar-refractivity contribution in [3.05, 3.63) is 47.8 Å². The van der Waals surface area contributed by atoms with Gasteiger partial charge >= 0.3 is 6.09 Å². The standard InChI is InChI=1S/C14H14N2O4S2/c17-14-16(11-5-2-1-3-6-11)10-12(20-14)9-15-22(18,19)13-7-4-8-21-13/h1-8,12,15H,9-10H2/t12-/m0/s1. The summed E-state index contributed by atoms with van der Waals surface area (Å²) in [5.41, 5.74) is 0.733. The van der Waals surface area contributed by atoms with Crippen LogP contribution in [-0.4, -0.2) is 33.7 Å². The molecule has 6 nitrogen and oxygen atoms in total. The van der Waals surface area contributed by atoms with Crippen molar-refractivity contribution in [1.29, 1.82) is 0 Å². The summed E-state index contributed by atoms with van der Waals surface area (Å²) in [4.78, 5) is 13.4. The molecule has 1 aromatic heterocycles. The van der Waals surface area contributed by atoms with Crippen LogP contribution in [0.3, 0.4) is 0 Å². The molecular formula is C14H14N2O4S2. The maximum Gasteiger partial charge on any atom is 0.414 e. The van der Waals surface area contributed by atoms with Crippen molar-refractivity contribution in [3.63, 3.8) is 0 Å². The minimum atomic E-state index is -3.55. The first kappa shape index (κ1) is 15.0. The van der Waals surface area contributed by atoms with Gasteiger partial charge in [0, 0.05) is 12.2 Å². The number of carbonyl (C=O) groups excluding carboxylic acids is 1. The molecule has 1 aromatic carbocycles. The number of sulfonamides is 1. The van der Waals surface area contributed by atoms with Crippen molar-refractivity contribution in [2.45, 2.75) is 10.3 Å². The maximum atomic E-state index is 12.0. The topological polar surface area (TPSA) is 75.7 Å². The fraction of sp³-hybridized carbons (Fsp3) is 0.214. The van der Waals surface area contributed by atoms with Gasteiger partial charge < -0.3 is 4.74 Å². The lowest BCUT2D eigenvalue weighted by Gasteiger charge is -2.12. The lowest BCUT2D eigenvalue weighted by atomic mass is 10.3. The number of anilines is 1. The van der Waals surface area contributed by atoms with E-state index in [0.29, 0.717) is 6.54 Å². The third kappa shape index (κ3) is 3.13. The van der Waals surface area contributed by atoms with Crippen molar-refractivity contribution in [3.8, 4) is 0 Å². The number of amides is 1. The van der Waals surface area contributed by atoms with Crippen LogP contribution in [0.2, 0.25) is 0 Å². The molecule has 3 rings (SSSR count). The van der Waals surface area contributed by atoms with E-state index in [1.54, 1.807) is 23.6 Å². The summed E-state index contributed by atoms with van der Waals surface area (Å²) in [6.07, 6.45) is -0.978. The lowest BCUT2D eigenvalue weighted by molar-refractivity contribution is 0.143. The molecule has 1 amide bonds. The predicted molar refractivity (Wildman–Crippen MR) is 83.6 cm³/mol. The molecule has 0 bridgehead atoms. The molecule has 22 heavy (non-hydrogen) atoms. The van der Waals surface area contributed by atoms with Gasteiger partial charge in [-0.3, -0.25) is 4.90 Å². The number of para-hydroxylation sites is 1. The predicted octanol–water partition coefficient (Wildman–Crippen LogP) is 2.05. The number of benzene rings is 1. The molecule has 116 valence electrons. The number of hydrogen-bond donors (Lipinski definition) is 1. The largest absolute Gasteiger partial charge is 0.443 e. The van der Waals surface area contributed by atoms with E-state index < -0.39 is 22.2 Å². The van der Waals surface area contributed by atoms with E-state index in [-0.39, 0.29) is 10.8 Å².